The van der Waals surface area contributed by atoms with Gasteiger partial charge in [-0.25, -0.2) is 0 Å². The molecule has 0 unspecified atom stereocenters. The number of thiocarbonyl (C=S) groups is 1. The van der Waals surface area contributed by atoms with Gasteiger partial charge in [-0.15, -0.1) is 12.4 Å². The third-order valence-electron chi connectivity index (χ3n) is 5.53. The zero-order valence-electron chi connectivity index (χ0n) is 20.3. The quantitative estimate of drug-likeness (QED) is 0.299. The number of hydrogen-bond acceptors (Lipinski definition) is 9. The molecular formula is C26H27ClN4O4S3. The molecule has 0 aliphatic carbocycles. The number of amidine groups is 1. The van der Waals surface area contributed by atoms with Gasteiger partial charge < -0.3 is 25.7 Å². The lowest BCUT2D eigenvalue weighted by Crippen LogP contribution is -2.39. The molecule has 2 aromatic rings. The van der Waals surface area contributed by atoms with Gasteiger partial charge in [0.1, 0.15) is 15.8 Å². The van der Waals surface area contributed by atoms with E-state index in [1.807, 2.05) is 6.07 Å². The minimum Gasteiger partial charge on any atom is -0.507 e. The Morgan fingerprint density at radius 1 is 0.868 bits per heavy atom. The number of nitrogens with one attached hydrogen (secondary N) is 2. The monoisotopic (exact) mass is 590 g/mol. The van der Waals surface area contributed by atoms with Crippen LogP contribution in [0.5, 0.6) is 11.5 Å². The van der Waals surface area contributed by atoms with Gasteiger partial charge in [0, 0.05) is 24.2 Å². The Labute approximate surface area is 241 Å². The van der Waals surface area contributed by atoms with Crippen molar-refractivity contribution in [3.63, 3.8) is 0 Å². The van der Waals surface area contributed by atoms with E-state index < -0.39 is 0 Å². The van der Waals surface area contributed by atoms with Gasteiger partial charge >= 0.3 is 0 Å². The molecule has 3 fully saturated rings. The van der Waals surface area contributed by atoms with Gasteiger partial charge in [-0.1, -0.05) is 60.4 Å². The second-order valence-corrected chi connectivity index (χ2v) is 11.0. The largest absolute Gasteiger partial charge is 0.507 e. The van der Waals surface area contributed by atoms with Gasteiger partial charge in [0.25, 0.3) is 11.8 Å². The summed E-state index contributed by atoms with van der Waals surface area (Å²) in [6.07, 6.45) is 5.86. The van der Waals surface area contributed by atoms with Crippen LogP contribution in [-0.4, -0.2) is 62.6 Å². The van der Waals surface area contributed by atoms with Gasteiger partial charge in [-0.05, 0) is 62.0 Å². The number of rotatable bonds is 2. The molecule has 6 rings (SSSR count). The molecule has 200 valence electrons. The smallest absolute Gasteiger partial charge is 0.286 e. The minimum absolute atomic E-state index is 0. The van der Waals surface area contributed by atoms with Crippen LogP contribution in [0.1, 0.15) is 24.0 Å². The van der Waals surface area contributed by atoms with Crippen molar-refractivity contribution in [3.8, 4) is 11.5 Å². The SMILES string of the molecule is C1CNC1.Cl.O=C1N=C(N2CCC2)S/C1=C\c1ccccc1O.O=C1NC(=S)S/C1=C\c1ccccc1O. The van der Waals surface area contributed by atoms with Crippen LogP contribution in [0.3, 0.4) is 0 Å². The van der Waals surface area contributed by atoms with E-state index in [9.17, 15) is 19.8 Å². The molecular weight excluding hydrogens is 564 g/mol. The second-order valence-electron chi connectivity index (χ2n) is 8.22. The number of phenolic OH excluding ortho intramolecular Hbond substituents is 2. The van der Waals surface area contributed by atoms with Gasteiger partial charge in [-0.2, -0.15) is 4.99 Å². The molecule has 4 heterocycles. The zero-order chi connectivity index (χ0) is 26.2. The summed E-state index contributed by atoms with van der Waals surface area (Å²) in [5.41, 5.74) is 1.26. The Hall–Kier alpha value is -2.83. The maximum atomic E-state index is 11.8. The number of likely N-dealkylation sites (tertiary alicyclic amines) is 1. The lowest BCUT2D eigenvalue weighted by molar-refractivity contribution is -0.115. The van der Waals surface area contributed by atoms with E-state index in [-0.39, 0.29) is 35.7 Å². The number of benzene rings is 2. The summed E-state index contributed by atoms with van der Waals surface area (Å²) in [6.45, 7) is 4.45. The molecule has 2 amide bonds. The van der Waals surface area contributed by atoms with E-state index in [2.05, 4.69) is 20.5 Å². The number of hydrogen-bond donors (Lipinski definition) is 4. The number of nitrogens with zero attached hydrogens (tertiary/aromatic N) is 2. The Balaban J connectivity index is 0.000000181. The number of carbonyl (C=O) groups is 2. The van der Waals surface area contributed by atoms with E-state index >= 15 is 0 Å². The maximum Gasteiger partial charge on any atom is 0.286 e. The molecule has 2 aromatic carbocycles. The third kappa shape index (κ3) is 8.08. The molecule has 4 N–H and O–H groups in total. The molecule has 0 spiro atoms. The van der Waals surface area contributed by atoms with Crippen LogP contribution in [0.25, 0.3) is 12.2 Å². The van der Waals surface area contributed by atoms with Gasteiger partial charge in [0.15, 0.2) is 5.17 Å². The fourth-order valence-electron chi connectivity index (χ4n) is 3.14. The first-order chi connectivity index (χ1) is 17.9. The lowest BCUT2D eigenvalue weighted by Gasteiger charge is -2.31. The molecule has 8 nitrogen and oxygen atoms in total. The summed E-state index contributed by atoms with van der Waals surface area (Å²) in [4.78, 5) is 30.3. The summed E-state index contributed by atoms with van der Waals surface area (Å²) in [6, 6.07) is 13.8. The zero-order valence-corrected chi connectivity index (χ0v) is 23.5. The van der Waals surface area contributed by atoms with Crippen LogP contribution in [0.4, 0.5) is 0 Å². The van der Waals surface area contributed by atoms with Crippen LogP contribution in [0.15, 0.2) is 63.3 Å². The average molecular weight is 591 g/mol. The standard InChI is InChI=1S/C13H12N2O2S.C10H7NO2S2.C3H7N.ClH/c16-10-5-2-1-4-9(10)8-11-12(17)14-13(18-11)15-6-3-7-15;12-7-4-2-1-3-6(7)5-8-9(13)11-10(14)15-8;1-2-4-3-1;/h1-2,4-5,8,16H,3,6-7H2;1-5,12H,(H,11,13,14);4H,1-3H2;1H/b11-8-;8-5-;;. The fraction of sp³-hybridized carbons (Fsp3) is 0.231. The normalized spacial score (nSPS) is 19.7. The highest BCUT2D eigenvalue weighted by Crippen LogP contribution is 2.33. The van der Waals surface area contributed by atoms with Gasteiger partial charge in [-0.3, -0.25) is 9.59 Å². The Morgan fingerprint density at radius 3 is 1.82 bits per heavy atom. The highest BCUT2D eigenvalue weighted by atomic mass is 35.5. The van der Waals surface area contributed by atoms with E-state index in [0.717, 1.165) is 24.7 Å². The number of aromatic hydroxyl groups is 2. The predicted octanol–water partition coefficient (Wildman–Crippen LogP) is 4.35. The molecule has 4 aliphatic heterocycles. The van der Waals surface area contributed by atoms with Crippen LogP contribution in [0.2, 0.25) is 0 Å². The predicted molar refractivity (Wildman–Crippen MR) is 161 cm³/mol. The minimum atomic E-state index is -0.217. The highest BCUT2D eigenvalue weighted by Gasteiger charge is 2.29. The van der Waals surface area contributed by atoms with Crippen molar-refractivity contribution in [2.24, 2.45) is 4.99 Å². The number of thioether (sulfide) groups is 2. The molecule has 0 radical (unpaired) electrons. The summed E-state index contributed by atoms with van der Waals surface area (Å²) in [7, 11) is 0. The first-order valence-electron chi connectivity index (χ1n) is 11.7. The second kappa shape index (κ2) is 14.4. The summed E-state index contributed by atoms with van der Waals surface area (Å²) in [5, 5.41) is 25.6. The van der Waals surface area contributed by atoms with E-state index in [0.29, 0.717) is 25.3 Å². The molecule has 4 aliphatic rings. The van der Waals surface area contributed by atoms with Crippen molar-refractivity contribution >= 4 is 81.6 Å². The van der Waals surface area contributed by atoms with E-state index in [1.165, 1.54) is 43.0 Å². The summed E-state index contributed by atoms with van der Waals surface area (Å²) < 4.78 is 0.446. The van der Waals surface area contributed by atoms with Crippen molar-refractivity contribution in [2.75, 3.05) is 26.2 Å². The Kier molecular flexibility index (Phi) is 11.2. The topological polar surface area (TPSA) is 114 Å². The first kappa shape index (κ1) is 29.7. The van der Waals surface area contributed by atoms with Gasteiger partial charge in [0.05, 0.1) is 9.81 Å². The lowest BCUT2D eigenvalue weighted by atomic mass is 10.2. The number of aliphatic imine (C=N–C) groups is 1. The fourth-order valence-corrected chi connectivity index (χ4v) is 5.13. The van der Waals surface area contributed by atoms with Crippen molar-refractivity contribution in [3.05, 3.63) is 69.5 Å². The van der Waals surface area contributed by atoms with Crippen molar-refractivity contribution < 1.29 is 19.8 Å². The molecule has 3 saturated heterocycles. The average Bonchev–Trinajstić information content (AvgIpc) is 3.29. The number of phenols is 2. The van der Waals surface area contributed by atoms with Crippen LogP contribution in [-0.2, 0) is 9.59 Å². The number of halogens is 1. The van der Waals surface area contributed by atoms with Crippen molar-refractivity contribution in [1.82, 2.24) is 15.5 Å². The van der Waals surface area contributed by atoms with Crippen molar-refractivity contribution in [1.29, 1.82) is 0 Å². The first-order valence-corrected chi connectivity index (χ1v) is 13.7. The van der Waals surface area contributed by atoms with E-state index in [4.69, 9.17) is 12.2 Å². The maximum absolute atomic E-state index is 11.8. The molecule has 0 aromatic heterocycles. The molecule has 0 bridgehead atoms. The summed E-state index contributed by atoms with van der Waals surface area (Å²) in [5.74, 6) is -0.106. The third-order valence-corrected chi connectivity index (χ3v) is 7.74. The highest BCUT2D eigenvalue weighted by molar-refractivity contribution is 8.26. The molecule has 12 heteroatoms. The van der Waals surface area contributed by atoms with Gasteiger partial charge in [0.2, 0.25) is 0 Å². The molecule has 38 heavy (non-hydrogen) atoms. The van der Waals surface area contributed by atoms with Crippen LogP contribution >= 0.6 is 48.1 Å². The number of carbonyl (C=O) groups excluding carboxylic acids is 2. The Bertz CT molecular complexity index is 1290. The van der Waals surface area contributed by atoms with Crippen LogP contribution < -0.4 is 10.6 Å². The molecule has 0 saturated carbocycles. The Morgan fingerprint density at radius 2 is 1.39 bits per heavy atom. The number of amides is 2. The van der Waals surface area contributed by atoms with Crippen molar-refractivity contribution in [2.45, 2.75) is 12.8 Å². The number of para-hydroxylation sites is 2. The molecule has 0 atom stereocenters. The van der Waals surface area contributed by atoms with Crippen LogP contribution in [0, 0.1) is 0 Å². The van der Waals surface area contributed by atoms with E-state index in [1.54, 1.807) is 54.6 Å². The summed E-state index contributed by atoms with van der Waals surface area (Å²) >= 11 is 7.43.